The second-order valence-electron chi connectivity index (χ2n) is 5.30. The van der Waals surface area contributed by atoms with Crippen molar-refractivity contribution < 1.29 is 9.53 Å². The van der Waals surface area contributed by atoms with Gasteiger partial charge in [-0.05, 0) is 49.2 Å². The normalized spacial score (nSPS) is 24.9. The smallest absolute Gasteiger partial charge is 0.410 e. The summed E-state index contributed by atoms with van der Waals surface area (Å²) in [6, 6.07) is 6.70. The zero-order chi connectivity index (χ0) is 13.4. The summed E-state index contributed by atoms with van der Waals surface area (Å²) >= 11 is 0. The van der Waals surface area contributed by atoms with Crippen molar-refractivity contribution in [3.63, 3.8) is 0 Å². The van der Waals surface area contributed by atoms with Gasteiger partial charge in [0.25, 0.3) is 0 Å². The summed E-state index contributed by atoms with van der Waals surface area (Å²) in [6.07, 6.45) is 1.94. The van der Waals surface area contributed by atoms with Gasteiger partial charge in [-0.25, -0.2) is 4.79 Å². The van der Waals surface area contributed by atoms with E-state index < -0.39 is 6.09 Å². The van der Waals surface area contributed by atoms with Crippen LogP contribution < -0.4 is 10.1 Å². The Hall–Kier alpha value is -1.55. The van der Waals surface area contributed by atoms with Gasteiger partial charge < -0.3 is 10.1 Å². The summed E-state index contributed by atoms with van der Waals surface area (Å²) < 4.78 is 5.23. The summed E-state index contributed by atoms with van der Waals surface area (Å²) in [5.41, 5.74) is 2.79. The van der Waals surface area contributed by atoms with E-state index in [2.05, 4.69) is 29.3 Å². The minimum absolute atomic E-state index is 0.406. The highest BCUT2D eigenvalue weighted by molar-refractivity contribution is 5.70. The van der Waals surface area contributed by atoms with Crippen LogP contribution >= 0.6 is 0 Å². The molecule has 0 spiro atoms. The standard InChI is InChI=1S/C15H20N2O2/c1-3-17-7-6-12-13-9-11(19-15(18)16-2)5-4-10(13)8-14(12)17/h4-5,9,12,14H,3,6-8H2,1-2H3,(H,16,18)/t12-,14+/m1/s1. The second kappa shape index (κ2) is 4.85. The molecule has 2 aliphatic rings. The molecule has 0 saturated carbocycles. The van der Waals surface area contributed by atoms with Gasteiger partial charge in [-0.15, -0.1) is 0 Å². The molecular weight excluding hydrogens is 240 g/mol. The number of fused-ring (bicyclic) bond motifs is 3. The predicted molar refractivity (Wildman–Crippen MR) is 73.6 cm³/mol. The van der Waals surface area contributed by atoms with Crippen molar-refractivity contribution >= 4 is 6.09 Å². The Morgan fingerprint density at radius 1 is 1.53 bits per heavy atom. The third-order valence-electron chi connectivity index (χ3n) is 4.43. The summed E-state index contributed by atoms with van der Waals surface area (Å²) in [6.45, 7) is 4.54. The fourth-order valence-corrected chi connectivity index (χ4v) is 3.50. The van der Waals surface area contributed by atoms with E-state index in [-0.39, 0.29) is 0 Å². The van der Waals surface area contributed by atoms with Crippen molar-refractivity contribution in [2.24, 2.45) is 0 Å². The maximum Gasteiger partial charge on any atom is 0.412 e. The highest BCUT2D eigenvalue weighted by Crippen LogP contribution is 2.43. The third kappa shape index (κ3) is 2.10. The van der Waals surface area contributed by atoms with E-state index in [1.807, 2.05) is 6.07 Å². The average molecular weight is 260 g/mol. The quantitative estimate of drug-likeness (QED) is 0.885. The van der Waals surface area contributed by atoms with E-state index >= 15 is 0 Å². The number of hydrogen-bond acceptors (Lipinski definition) is 3. The first-order valence-electron chi connectivity index (χ1n) is 6.99. The maximum absolute atomic E-state index is 11.3. The molecule has 1 fully saturated rings. The van der Waals surface area contributed by atoms with E-state index in [1.54, 1.807) is 7.05 Å². The number of benzene rings is 1. The highest BCUT2D eigenvalue weighted by atomic mass is 16.5. The van der Waals surface area contributed by atoms with E-state index in [0.717, 1.165) is 13.0 Å². The van der Waals surface area contributed by atoms with E-state index in [1.165, 1.54) is 24.1 Å². The molecule has 0 radical (unpaired) electrons. The Kier molecular flexibility index (Phi) is 3.19. The largest absolute Gasteiger partial charge is 0.412 e. The third-order valence-corrected chi connectivity index (χ3v) is 4.43. The molecule has 0 unspecified atom stereocenters. The topological polar surface area (TPSA) is 41.6 Å². The lowest BCUT2D eigenvalue weighted by molar-refractivity contribution is 0.203. The van der Waals surface area contributed by atoms with Crippen molar-refractivity contribution in [3.05, 3.63) is 29.3 Å². The number of likely N-dealkylation sites (tertiary alicyclic amines) is 1. The summed E-state index contributed by atoms with van der Waals surface area (Å²) in [4.78, 5) is 13.8. The molecule has 0 aromatic heterocycles. The van der Waals surface area contributed by atoms with Gasteiger partial charge in [0, 0.05) is 19.0 Å². The molecule has 1 amide bonds. The number of hydrogen-bond donors (Lipinski definition) is 1. The molecule has 4 nitrogen and oxygen atoms in total. The van der Waals surface area contributed by atoms with Crippen LogP contribution in [0.25, 0.3) is 0 Å². The van der Waals surface area contributed by atoms with Crippen LogP contribution in [-0.4, -0.2) is 37.2 Å². The van der Waals surface area contributed by atoms with E-state index in [9.17, 15) is 4.79 Å². The number of rotatable bonds is 2. The fourth-order valence-electron chi connectivity index (χ4n) is 3.50. The molecule has 0 bridgehead atoms. The first-order valence-corrected chi connectivity index (χ1v) is 6.99. The van der Waals surface area contributed by atoms with Crippen LogP contribution in [0.2, 0.25) is 0 Å². The first-order chi connectivity index (χ1) is 9.22. The lowest BCUT2D eigenvalue weighted by atomic mass is 9.98. The van der Waals surface area contributed by atoms with Crippen LogP contribution in [0.3, 0.4) is 0 Å². The van der Waals surface area contributed by atoms with Crippen molar-refractivity contribution in [1.29, 1.82) is 0 Å². The molecule has 19 heavy (non-hydrogen) atoms. The van der Waals surface area contributed by atoms with E-state index in [4.69, 9.17) is 4.74 Å². The number of amides is 1. The molecule has 1 aliphatic heterocycles. The van der Waals surface area contributed by atoms with Crippen molar-refractivity contribution in [2.75, 3.05) is 20.1 Å². The Balaban J connectivity index is 1.84. The van der Waals surface area contributed by atoms with Crippen molar-refractivity contribution in [3.8, 4) is 5.75 Å². The fraction of sp³-hybridized carbons (Fsp3) is 0.533. The molecule has 3 rings (SSSR count). The van der Waals surface area contributed by atoms with Gasteiger partial charge in [0.15, 0.2) is 0 Å². The molecule has 4 heteroatoms. The second-order valence-corrected chi connectivity index (χ2v) is 5.30. The molecule has 2 atom stereocenters. The summed E-state index contributed by atoms with van der Waals surface area (Å²) in [5.74, 6) is 1.26. The number of carbonyl (C=O) groups is 1. The van der Waals surface area contributed by atoms with Gasteiger partial charge in [0.1, 0.15) is 5.75 Å². The lowest BCUT2D eigenvalue weighted by Crippen LogP contribution is -2.30. The molecule has 1 aromatic rings. The monoisotopic (exact) mass is 260 g/mol. The van der Waals surface area contributed by atoms with Crippen LogP contribution in [0.4, 0.5) is 4.79 Å². The SMILES string of the molecule is CCN1CC[C@@H]2c3cc(OC(=O)NC)ccc3C[C@@H]21. The molecule has 1 N–H and O–H groups in total. The summed E-state index contributed by atoms with van der Waals surface area (Å²) in [5, 5.41) is 2.47. The molecule has 1 saturated heterocycles. The minimum atomic E-state index is -0.406. The number of nitrogens with zero attached hydrogens (tertiary/aromatic N) is 1. The predicted octanol–water partition coefficient (Wildman–Crippen LogP) is 2.14. The van der Waals surface area contributed by atoms with Crippen molar-refractivity contribution in [2.45, 2.75) is 31.7 Å². The molecule has 1 aromatic carbocycles. The van der Waals surface area contributed by atoms with Gasteiger partial charge in [0.2, 0.25) is 0 Å². The molecule has 102 valence electrons. The van der Waals surface area contributed by atoms with E-state index in [0.29, 0.717) is 17.7 Å². The zero-order valence-electron chi connectivity index (χ0n) is 11.5. The molecule has 1 heterocycles. The van der Waals surface area contributed by atoms with Crippen LogP contribution in [0, 0.1) is 0 Å². The Labute approximate surface area is 113 Å². The Bertz CT molecular complexity index is 501. The van der Waals surface area contributed by atoms with Crippen molar-refractivity contribution in [1.82, 2.24) is 10.2 Å². The zero-order valence-corrected chi connectivity index (χ0v) is 11.5. The van der Waals surface area contributed by atoms with Gasteiger partial charge in [0.05, 0.1) is 0 Å². The minimum Gasteiger partial charge on any atom is -0.410 e. The number of carbonyl (C=O) groups excluding carboxylic acids is 1. The van der Waals surface area contributed by atoms with Crippen LogP contribution in [-0.2, 0) is 6.42 Å². The highest BCUT2D eigenvalue weighted by Gasteiger charge is 2.40. The first kappa shape index (κ1) is 12.5. The van der Waals surface area contributed by atoms with Gasteiger partial charge >= 0.3 is 6.09 Å². The lowest BCUT2D eigenvalue weighted by Gasteiger charge is -2.21. The Morgan fingerprint density at radius 3 is 3.11 bits per heavy atom. The van der Waals surface area contributed by atoms with Gasteiger partial charge in [-0.2, -0.15) is 0 Å². The van der Waals surface area contributed by atoms with Gasteiger partial charge in [-0.1, -0.05) is 13.0 Å². The Morgan fingerprint density at radius 2 is 2.37 bits per heavy atom. The van der Waals surface area contributed by atoms with Crippen LogP contribution in [0.5, 0.6) is 5.75 Å². The average Bonchev–Trinajstić information content (AvgIpc) is 2.97. The molecule has 1 aliphatic carbocycles. The van der Waals surface area contributed by atoms with Crippen LogP contribution in [0.15, 0.2) is 18.2 Å². The number of nitrogens with one attached hydrogen (secondary N) is 1. The molecular formula is C15H20N2O2. The summed E-state index contributed by atoms with van der Waals surface area (Å²) in [7, 11) is 1.57. The number of ether oxygens (including phenoxy) is 1. The maximum atomic E-state index is 11.3. The van der Waals surface area contributed by atoms with Crippen LogP contribution in [0.1, 0.15) is 30.4 Å². The number of likely N-dealkylation sites (N-methyl/N-ethyl adjacent to an activating group) is 1. The van der Waals surface area contributed by atoms with Gasteiger partial charge in [-0.3, -0.25) is 4.90 Å².